The molecule has 5 heteroatoms. The van der Waals surface area contributed by atoms with Crippen molar-refractivity contribution >= 4 is 34.8 Å². The molecule has 0 amide bonds. The molecule has 0 aromatic heterocycles. The molecular formula is C16H15Cl3FN. The second-order valence-electron chi connectivity index (χ2n) is 4.79. The van der Waals surface area contributed by atoms with Crippen molar-refractivity contribution in [1.29, 1.82) is 0 Å². The van der Waals surface area contributed by atoms with Crippen LogP contribution >= 0.6 is 34.8 Å². The SMILES string of the molecule is CNC(Cc1c(F)cccc1Cl)Cc1c(Cl)cccc1Cl. The van der Waals surface area contributed by atoms with Gasteiger partial charge in [-0.25, -0.2) is 4.39 Å². The lowest BCUT2D eigenvalue weighted by molar-refractivity contribution is 0.532. The monoisotopic (exact) mass is 345 g/mol. The van der Waals surface area contributed by atoms with E-state index in [1.165, 1.54) is 6.07 Å². The van der Waals surface area contributed by atoms with Crippen molar-refractivity contribution in [2.24, 2.45) is 0 Å². The van der Waals surface area contributed by atoms with Gasteiger partial charge in [0, 0.05) is 26.7 Å². The minimum Gasteiger partial charge on any atom is -0.316 e. The van der Waals surface area contributed by atoms with E-state index in [2.05, 4.69) is 5.32 Å². The fraction of sp³-hybridized carbons (Fsp3) is 0.250. The number of rotatable bonds is 5. The van der Waals surface area contributed by atoms with Crippen molar-refractivity contribution in [3.8, 4) is 0 Å². The van der Waals surface area contributed by atoms with Gasteiger partial charge in [0.05, 0.1) is 0 Å². The lowest BCUT2D eigenvalue weighted by atomic mass is 9.98. The Hall–Kier alpha value is -0.800. The summed E-state index contributed by atoms with van der Waals surface area (Å²) in [5.74, 6) is -0.298. The van der Waals surface area contributed by atoms with E-state index in [1.54, 1.807) is 30.3 Å². The normalized spacial score (nSPS) is 12.4. The van der Waals surface area contributed by atoms with Crippen LogP contribution in [0, 0.1) is 5.82 Å². The van der Waals surface area contributed by atoms with E-state index in [0.717, 1.165) is 5.56 Å². The molecule has 0 fully saturated rings. The fourth-order valence-corrected chi connectivity index (χ4v) is 3.02. The topological polar surface area (TPSA) is 12.0 Å². The smallest absolute Gasteiger partial charge is 0.127 e. The number of likely N-dealkylation sites (N-methyl/N-ethyl adjacent to an activating group) is 1. The van der Waals surface area contributed by atoms with Crippen LogP contribution in [0.3, 0.4) is 0 Å². The molecule has 0 spiro atoms. The third-order valence-corrected chi connectivity index (χ3v) is 4.50. The molecule has 0 bridgehead atoms. The molecule has 0 aliphatic carbocycles. The molecule has 0 aliphatic heterocycles. The first-order valence-corrected chi connectivity index (χ1v) is 7.69. The standard InChI is InChI=1S/C16H15Cl3FN/c1-21-10(8-11-13(17)4-2-5-14(11)18)9-12-15(19)6-3-7-16(12)20/h2-7,10,21H,8-9H2,1H3. The van der Waals surface area contributed by atoms with E-state index in [9.17, 15) is 4.39 Å². The molecule has 0 heterocycles. The number of nitrogens with one attached hydrogen (secondary N) is 1. The quantitative estimate of drug-likeness (QED) is 0.788. The Labute approximate surface area is 139 Å². The van der Waals surface area contributed by atoms with Crippen LogP contribution in [0.2, 0.25) is 15.1 Å². The van der Waals surface area contributed by atoms with Crippen LogP contribution in [-0.4, -0.2) is 13.1 Å². The first kappa shape index (κ1) is 16.6. The van der Waals surface area contributed by atoms with Gasteiger partial charge in [-0.1, -0.05) is 46.9 Å². The van der Waals surface area contributed by atoms with Crippen LogP contribution in [0.15, 0.2) is 36.4 Å². The molecule has 1 atom stereocenters. The highest BCUT2D eigenvalue weighted by molar-refractivity contribution is 6.36. The van der Waals surface area contributed by atoms with Gasteiger partial charge in [-0.3, -0.25) is 0 Å². The average molecular weight is 347 g/mol. The Morgan fingerprint density at radius 2 is 1.38 bits per heavy atom. The lowest BCUT2D eigenvalue weighted by Crippen LogP contribution is -2.30. The minimum atomic E-state index is -0.298. The largest absolute Gasteiger partial charge is 0.316 e. The number of hydrogen-bond donors (Lipinski definition) is 1. The van der Waals surface area contributed by atoms with E-state index in [0.29, 0.717) is 33.5 Å². The van der Waals surface area contributed by atoms with Crippen LogP contribution in [0.4, 0.5) is 4.39 Å². The zero-order valence-electron chi connectivity index (χ0n) is 11.5. The summed E-state index contributed by atoms with van der Waals surface area (Å²) in [4.78, 5) is 0. The summed E-state index contributed by atoms with van der Waals surface area (Å²) in [5.41, 5.74) is 1.36. The Bertz CT molecular complexity index is 537. The van der Waals surface area contributed by atoms with Crippen LogP contribution in [0.5, 0.6) is 0 Å². The molecule has 1 N–H and O–H groups in total. The van der Waals surface area contributed by atoms with Gasteiger partial charge < -0.3 is 5.32 Å². The van der Waals surface area contributed by atoms with E-state index >= 15 is 0 Å². The first-order valence-electron chi connectivity index (χ1n) is 6.56. The molecule has 0 radical (unpaired) electrons. The van der Waals surface area contributed by atoms with E-state index in [-0.39, 0.29) is 11.9 Å². The maximum Gasteiger partial charge on any atom is 0.127 e. The molecule has 0 saturated heterocycles. The highest BCUT2D eigenvalue weighted by Crippen LogP contribution is 2.27. The van der Waals surface area contributed by atoms with E-state index in [1.807, 2.05) is 7.05 Å². The van der Waals surface area contributed by atoms with Crippen LogP contribution < -0.4 is 5.32 Å². The van der Waals surface area contributed by atoms with Crippen molar-refractivity contribution in [2.75, 3.05) is 7.05 Å². The minimum absolute atomic E-state index is 0.0169. The Balaban J connectivity index is 2.21. The highest BCUT2D eigenvalue weighted by Gasteiger charge is 2.17. The molecule has 0 saturated carbocycles. The van der Waals surface area contributed by atoms with E-state index < -0.39 is 0 Å². The number of hydrogen-bond acceptors (Lipinski definition) is 1. The van der Waals surface area contributed by atoms with Gasteiger partial charge in [-0.05, 0) is 49.7 Å². The summed E-state index contributed by atoms with van der Waals surface area (Å²) in [6, 6.07) is 10.1. The molecule has 112 valence electrons. The van der Waals surface area contributed by atoms with Gasteiger partial charge in [0.15, 0.2) is 0 Å². The molecule has 21 heavy (non-hydrogen) atoms. The van der Waals surface area contributed by atoms with Gasteiger partial charge in [0.2, 0.25) is 0 Å². The van der Waals surface area contributed by atoms with Gasteiger partial charge in [0.1, 0.15) is 5.82 Å². The molecule has 0 aliphatic rings. The van der Waals surface area contributed by atoms with Crippen molar-refractivity contribution in [3.05, 3.63) is 68.4 Å². The average Bonchev–Trinajstić information content (AvgIpc) is 2.45. The van der Waals surface area contributed by atoms with Gasteiger partial charge >= 0.3 is 0 Å². The van der Waals surface area contributed by atoms with Crippen LogP contribution in [0.25, 0.3) is 0 Å². The van der Waals surface area contributed by atoms with Crippen molar-refractivity contribution in [3.63, 3.8) is 0 Å². The predicted octanol–water partition coefficient (Wildman–Crippen LogP) is 5.16. The molecular weight excluding hydrogens is 332 g/mol. The summed E-state index contributed by atoms with van der Waals surface area (Å²) >= 11 is 18.4. The Morgan fingerprint density at radius 3 is 1.90 bits per heavy atom. The van der Waals surface area contributed by atoms with Crippen LogP contribution in [-0.2, 0) is 12.8 Å². The zero-order chi connectivity index (χ0) is 15.4. The van der Waals surface area contributed by atoms with Gasteiger partial charge in [0.25, 0.3) is 0 Å². The third kappa shape index (κ3) is 4.10. The summed E-state index contributed by atoms with van der Waals surface area (Å²) in [7, 11) is 1.82. The van der Waals surface area contributed by atoms with Crippen molar-refractivity contribution < 1.29 is 4.39 Å². The third-order valence-electron chi connectivity index (χ3n) is 3.43. The summed E-state index contributed by atoms with van der Waals surface area (Å²) in [6.45, 7) is 0. The van der Waals surface area contributed by atoms with Crippen molar-refractivity contribution in [1.82, 2.24) is 5.32 Å². The summed E-state index contributed by atoms with van der Waals surface area (Å²) < 4.78 is 13.9. The molecule has 1 nitrogen and oxygen atoms in total. The molecule has 2 rings (SSSR count). The maximum atomic E-state index is 13.9. The lowest BCUT2D eigenvalue weighted by Gasteiger charge is -2.19. The maximum absolute atomic E-state index is 13.9. The number of benzene rings is 2. The summed E-state index contributed by atoms with van der Waals surface area (Å²) in [6.07, 6.45) is 1.06. The molecule has 2 aromatic rings. The summed E-state index contributed by atoms with van der Waals surface area (Å²) in [5, 5.41) is 4.82. The first-order chi connectivity index (χ1) is 10.0. The Morgan fingerprint density at radius 1 is 0.905 bits per heavy atom. The zero-order valence-corrected chi connectivity index (χ0v) is 13.7. The molecule has 1 unspecified atom stereocenters. The fourth-order valence-electron chi connectivity index (χ4n) is 2.22. The van der Waals surface area contributed by atoms with Gasteiger partial charge in [-0.15, -0.1) is 0 Å². The predicted molar refractivity (Wildman–Crippen MR) is 88.1 cm³/mol. The molecule has 2 aromatic carbocycles. The van der Waals surface area contributed by atoms with Crippen molar-refractivity contribution in [2.45, 2.75) is 18.9 Å². The second-order valence-corrected chi connectivity index (χ2v) is 6.02. The Kier molecular flexibility index (Phi) is 5.88. The second kappa shape index (κ2) is 7.46. The van der Waals surface area contributed by atoms with Gasteiger partial charge in [-0.2, -0.15) is 0 Å². The van der Waals surface area contributed by atoms with Crippen LogP contribution in [0.1, 0.15) is 11.1 Å². The van der Waals surface area contributed by atoms with E-state index in [4.69, 9.17) is 34.8 Å². The number of halogens is 4. The highest BCUT2D eigenvalue weighted by atomic mass is 35.5.